The molecule has 0 aromatic heterocycles. The van der Waals surface area contributed by atoms with Crippen molar-refractivity contribution in [2.75, 3.05) is 6.26 Å². The Bertz CT molecular complexity index is 1080. The van der Waals surface area contributed by atoms with Gasteiger partial charge in [0.25, 0.3) is 5.91 Å². The number of carbonyl (C=O) groups is 1. The van der Waals surface area contributed by atoms with Crippen molar-refractivity contribution in [3.05, 3.63) is 59.7 Å². The molecule has 0 saturated carbocycles. The van der Waals surface area contributed by atoms with Crippen molar-refractivity contribution in [1.82, 2.24) is 5.48 Å². The van der Waals surface area contributed by atoms with E-state index in [0.29, 0.717) is 12.1 Å². The fourth-order valence-corrected chi connectivity index (χ4v) is 4.35. The fourth-order valence-electron chi connectivity index (χ4n) is 3.48. The van der Waals surface area contributed by atoms with E-state index in [1.54, 1.807) is 6.92 Å². The first-order chi connectivity index (χ1) is 14.5. The van der Waals surface area contributed by atoms with Crippen LogP contribution in [-0.4, -0.2) is 47.5 Å². The van der Waals surface area contributed by atoms with Crippen LogP contribution in [0.5, 0.6) is 0 Å². The monoisotopic (exact) mass is 446 g/mol. The van der Waals surface area contributed by atoms with Gasteiger partial charge < -0.3 is 9.94 Å². The summed E-state index contributed by atoms with van der Waals surface area (Å²) in [6, 6.07) is 15.4. The van der Waals surface area contributed by atoms with Gasteiger partial charge in [-0.15, -0.1) is 0 Å². The summed E-state index contributed by atoms with van der Waals surface area (Å²) in [5.74, 6) is -1.00. The molecule has 1 amide bonds. The van der Waals surface area contributed by atoms with E-state index in [0.717, 1.165) is 28.5 Å². The number of rotatable bonds is 7. The standard InChI is InChI=1S/C22H26N2O6S/c1-14(25)15-4-6-16(7-5-15)17-8-10-18(11-9-17)20-12-19(30-24-20)13-22(2,21(26)23-27)31(3,28)29/h4-11,14,19,25,27H,12-13H2,1-3H3,(H,23,26)/t14-,19?,22?/m0/s1. The molecule has 2 aromatic rings. The molecule has 166 valence electrons. The number of nitrogens with one attached hydrogen (secondary N) is 1. The predicted molar refractivity (Wildman–Crippen MR) is 116 cm³/mol. The maximum absolute atomic E-state index is 12.1. The predicted octanol–water partition coefficient (Wildman–Crippen LogP) is 2.60. The van der Waals surface area contributed by atoms with Gasteiger partial charge in [0.1, 0.15) is 6.10 Å². The molecular formula is C22H26N2O6S. The van der Waals surface area contributed by atoms with Crippen molar-refractivity contribution in [2.24, 2.45) is 5.16 Å². The minimum atomic E-state index is -3.81. The van der Waals surface area contributed by atoms with Crippen molar-refractivity contribution < 1.29 is 28.4 Å². The zero-order chi connectivity index (χ0) is 22.8. The first kappa shape index (κ1) is 22.9. The van der Waals surface area contributed by atoms with Crippen LogP contribution in [0.2, 0.25) is 0 Å². The zero-order valence-corrected chi connectivity index (χ0v) is 18.4. The second-order valence-corrected chi connectivity index (χ2v) is 10.4. The quantitative estimate of drug-likeness (QED) is 0.443. The second-order valence-electron chi connectivity index (χ2n) is 7.99. The number of hydrogen-bond acceptors (Lipinski definition) is 7. The van der Waals surface area contributed by atoms with Crippen LogP contribution < -0.4 is 5.48 Å². The summed E-state index contributed by atoms with van der Waals surface area (Å²) >= 11 is 0. The molecule has 1 aliphatic heterocycles. The Morgan fingerprint density at radius 2 is 1.68 bits per heavy atom. The third-order valence-corrected chi connectivity index (χ3v) is 7.68. The topological polar surface area (TPSA) is 125 Å². The van der Waals surface area contributed by atoms with Crippen LogP contribution in [0.4, 0.5) is 0 Å². The summed E-state index contributed by atoms with van der Waals surface area (Å²) in [5, 5.41) is 22.7. The zero-order valence-electron chi connectivity index (χ0n) is 17.6. The summed E-state index contributed by atoms with van der Waals surface area (Å²) < 4.78 is 22.5. The van der Waals surface area contributed by atoms with E-state index in [1.165, 1.54) is 12.4 Å². The number of nitrogens with zero attached hydrogens (tertiary/aromatic N) is 1. The first-order valence-corrected chi connectivity index (χ1v) is 11.7. The van der Waals surface area contributed by atoms with Crippen molar-refractivity contribution in [1.29, 1.82) is 0 Å². The molecule has 3 rings (SSSR count). The van der Waals surface area contributed by atoms with E-state index < -0.39 is 32.7 Å². The molecule has 2 aromatic carbocycles. The fraction of sp³-hybridized carbons (Fsp3) is 0.364. The number of amides is 1. The first-order valence-electron chi connectivity index (χ1n) is 9.81. The van der Waals surface area contributed by atoms with Crippen LogP contribution in [0, 0.1) is 0 Å². The van der Waals surface area contributed by atoms with Crippen molar-refractivity contribution in [2.45, 2.75) is 43.6 Å². The molecule has 8 nitrogen and oxygen atoms in total. The number of aliphatic hydroxyl groups is 1. The summed E-state index contributed by atoms with van der Waals surface area (Å²) in [4.78, 5) is 17.4. The Balaban J connectivity index is 1.70. The van der Waals surface area contributed by atoms with Gasteiger partial charge in [-0.25, -0.2) is 13.9 Å². The molecule has 9 heteroatoms. The van der Waals surface area contributed by atoms with E-state index in [-0.39, 0.29) is 6.42 Å². The van der Waals surface area contributed by atoms with Crippen LogP contribution in [0.3, 0.4) is 0 Å². The molecule has 0 saturated heterocycles. The highest BCUT2D eigenvalue weighted by Crippen LogP contribution is 2.30. The lowest BCUT2D eigenvalue weighted by molar-refractivity contribution is -0.132. The number of benzene rings is 2. The summed E-state index contributed by atoms with van der Waals surface area (Å²) in [7, 11) is -3.81. The molecule has 0 fully saturated rings. The number of hydroxylamine groups is 1. The highest BCUT2D eigenvalue weighted by Gasteiger charge is 2.47. The Labute approximate surface area is 181 Å². The Kier molecular flexibility index (Phi) is 6.49. The van der Waals surface area contributed by atoms with Gasteiger partial charge in [0, 0.05) is 19.1 Å². The maximum Gasteiger partial charge on any atom is 0.264 e. The molecule has 3 atom stereocenters. The van der Waals surface area contributed by atoms with Crippen molar-refractivity contribution >= 4 is 21.5 Å². The normalized spacial score (nSPS) is 19.1. The van der Waals surface area contributed by atoms with Crippen LogP contribution in [0.1, 0.15) is 43.9 Å². The van der Waals surface area contributed by atoms with E-state index >= 15 is 0 Å². The SMILES string of the molecule is C[C@H](O)c1ccc(-c2ccc(C3=NOC(CC(C)(C(=O)NO)S(C)(=O)=O)C3)cc2)cc1. The number of carbonyl (C=O) groups excluding carboxylic acids is 1. The number of oxime groups is 1. The van der Waals surface area contributed by atoms with Crippen LogP contribution in [0.15, 0.2) is 53.7 Å². The van der Waals surface area contributed by atoms with Crippen LogP contribution >= 0.6 is 0 Å². The molecule has 0 bridgehead atoms. The van der Waals surface area contributed by atoms with Gasteiger partial charge in [-0.3, -0.25) is 10.0 Å². The average molecular weight is 447 g/mol. The minimum Gasteiger partial charge on any atom is -0.392 e. The van der Waals surface area contributed by atoms with Gasteiger partial charge in [0.15, 0.2) is 14.6 Å². The average Bonchev–Trinajstić information content (AvgIpc) is 3.20. The van der Waals surface area contributed by atoms with Gasteiger partial charge in [0.2, 0.25) is 0 Å². The lowest BCUT2D eigenvalue weighted by Gasteiger charge is -2.26. The van der Waals surface area contributed by atoms with E-state index in [9.17, 15) is 18.3 Å². The number of aliphatic hydroxyl groups excluding tert-OH is 1. The van der Waals surface area contributed by atoms with Gasteiger partial charge in [-0.2, -0.15) is 0 Å². The minimum absolute atomic E-state index is 0.140. The lowest BCUT2D eigenvalue weighted by atomic mass is 9.95. The Hall–Kier alpha value is -2.75. The third-order valence-electron chi connectivity index (χ3n) is 5.69. The van der Waals surface area contributed by atoms with E-state index in [4.69, 9.17) is 10.0 Å². The molecule has 0 aliphatic carbocycles. The van der Waals surface area contributed by atoms with Crippen LogP contribution in [-0.2, 0) is 19.5 Å². The summed E-state index contributed by atoms with van der Waals surface area (Å²) in [5.41, 5.74) is 5.78. The molecule has 2 unspecified atom stereocenters. The van der Waals surface area contributed by atoms with Gasteiger partial charge in [-0.05, 0) is 36.1 Å². The molecule has 1 heterocycles. The van der Waals surface area contributed by atoms with Crippen molar-refractivity contribution in [3.63, 3.8) is 0 Å². The molecule has 0 radical (unpaired) electrons. The van der Waals surface area contributed by atoms with Gasteiger partial charge in [-0.1, -0.05) is 53.7 Å². The smallest absolute Gasteiger partial charge is 0.264 e. The maximum atomic E-state index is 12.1. The molecule has 0 spiro atoms. The molecule has 3 N–H and O–H groups in total. The van der Waals surface area contributed by atoms with Gasteiger partial charge in [0.05, 0.1) is 11.8 Å². The lowest BCUT2D eigenvalue weighted by Crippen LogP contribution is -2.51. The number of hydrogen-bond donors (Lipinski definition) is 3. The van der Waals surface area contributed by atoms with E-state index in [1.807, 2.05) is 48.5 Å². The van der Waals surface area contributed by atoms with E-state index in [2.05, 4.69) is 5.16 Å². The molecule has 1 aliphatic rings. The van der Waals surface area contributed by atoms with Crippen molar-refractivity contribution in [3.8, 4) is 11.1 Å². The second kappa shape index (κ2) is 8.78. The largest absolute Gasteiger partial charge is 0.392 e. The highest BCUT2D eigenvalue weighted by molar-refractivity contribution is 7.92. The molecule has 31 heavy (non-hydrogen) atoms. The molecular weight excluding hydrogens is 420 g/mol. The van der Waals surface area contributed by atoms with Crippen LogP contribution in [0.25, 0.3) is 11.1 Å². The Morgan fingerprint density at radius 3 is 2.16 bits per heavy atom. The highest BCUT2D eigenvalue weighted by atomic mass is 32.2. The Morgan fingerprint density at radius 1 is 1.16 bits per heavy atom. The summed E-state index contributed by atoms with van der Waals surface area (Å²) in [6.45, 7) is 2.98. The van der Waals surface area contributed by atoms with Gasteiger partial charge >= 0.3 is 0 Å². The summed E-state index contributed by atoms with van der Waals surface area (Å²) in [6.07, 6.45) is 0.0221. The third kappa shape index (κ3) is 4.79. The number of sulfone groups is 1.